The van der Waals surface area contributed by atoms with Crippen molar-refractivity contribution >= 4 is 39.1 Å². The van der Waals surface area contributed by atoms with Gasteiger partial charge in [0.05, 0.1) is 10.0 Å². The van der Waals surface area contributed by atoms with Gasteiger partial charge in [0.25, 0.3) is 0 Å². The standard InChI is InChI=1S/C16H16BrCl2NO/c1-2-7-20-10-11-8-12(17)3-6-16(11)21-13-4-5-14(18)15(19)9-13/h3-6,8-9,20H,2,7,10H2,1H3. The second kappa shape index (κ2) is 8.04. The number of rotatable bonds is 6. The molecule has 0 bridgehead atoms. The Morgan fingerprint density at radius 2 is 1.90 bits per heavy atom. The average Bonchev–Trinajstić information content (AvgIpc) is 2.46. The van der Waals surface area contributed by atoms with E-state index in [0.717, 1.165) is 35.3 Å². The zero-order valence-corrected chi connectivity index (χ0v) is 14.7. The van der Waals surface area contributed by atoms with Gasteiger partial charge in [-0.2, -0.15) is 0 Å². The van der Waals surface area contributed by atoms with Crippen LogP contribution in [0.5, 0.6) is 11.5 Å². The van der Waals surface area contributed by atoms with E-state index in [1.807, 2.05) is 12.1 Å². The maximum absolute atomic E-state index is 6.02. The van der Waals surface area contributed by atoms with Crippen molar-refractivity contribution in [1.29, 1.82) is 0 Å². The van der Waals surface area contributed by atoms with Gasteiger partial charge >= 0.3 is 0 Å². The smallest absolute Gasteiger partial charge is 0.131 e. The van der Waals surface area contributed by atoms with Crippen molar-refractivity contribution in [3.8, 4) is 11.5 Å². The second-order valence-electron chi connectivity index (χ2n) is 4.61. The lowest BCUT2D eigenvalue weighted by atomic mass is 10.2. The van der Waals surface area contributed by atoms with Gasteiger partial charge in [0.2, 0.25) is 0 Å². The molecular weight excluding hydrogens is 373 g/mol. The Balaban J connectivity index is 2.19. The van der Waals surface area contributed by atoms with Crippen LogP contribution in [0.15, 0.2) is 40.9 Å². The fraction of sp³-hybridized carbons (Fsp3) is 0.250. The van der Waals surface area contributed by atoms with E-state index in [2.05, 4.69) is 34.2 Å². The first-order chi connectivity index (χ1) is 10.1. The minimum atomic E-state index is 0.483. The maximum Gasteiger partial charge on any atom is 0.131 e. The lowest BCUT2D eigenvalue weighted by Gasteiger charge is -2.13. The Morgan fingerprint density at radius 1 is 1.10 bits per heavy atom. The molecule has 5 heteroatoms. The molecule has 0 saturated carbocycles. The van der Waals surface area contributed by atoms with Gasteiger partial charge < -0.3 is 10.1 Å². The third kappa shape index (κ3) is 4.89. The molecule has 2 aromatic rings. The van der Waals surface area contributed by atoms with Crippen LogP contribution < -0.4 is 10.1 Å². The molecule has 0 fully saturated rings. The van der Waals surface area contributed by atoms with Crippen LogP contribution in [0.3, 0.4) is 0 Å². The molecule has 0 aliphatic rings. The number of ether oxygens (including phenoxy) is 1. The summed E-state index contributed by atoms with van der Waals surface area (Å²) in [7, 11) is 0. The molecule has 0 aromatic heterocycles. The molecule has 2 nitrogen and oxygen atoms in total. The molecule has 2 aromatic carbocycles. The number of halogens is 3. The lowest BCUT2D eigenvalue weighted by Crippen LogP contribution is -2.14. The van der Waals surface area contributed by atoms with Gasteiger partial charge in [-0.05, 0) is 43.3 Å². The molecule has 0 spiro atoms. The Morgan fingerprint density at radius 3 is 2.62 bits per heavy atom. The largest absolute Gasteiger partial charge is 0.457 e. The first kappa shape index (κ1) is 16.6. The number of nitrogens with one attached hydrogen (secondary N) is 1. The molecule has 0 amide bonds. The minimum Gasteiger partial charge on any atom is -0.457 e. The predicted molar refractivity (Wildman–Crippen MR) is 92.7 cm³/mol. The van der Waals surface area contributed by atoms with E-state index in [1.165, 1.54) is 0 Å². The highest BCUT2D eigenvalue weighted by atomic mass is 79.9. The summed E-state index contributed by atoms with van der Waals surface area (Å²) in [6.07, 6.45) is 1.09. The van der Waals surface area contributed by atoms with E-state index in [-0.39, 0.29) is 0 Å². The maximum atomic E-state index is 6.02. The van der Waals surface area contributed by atoms with Gasteiger partial charge in [0.15, 0.2) is 0 Å². The van der Waals surface area contributed by atoms with Crippen LogP contribution in [0, 0.1) is 0 Å². The fourth-order valence-electron chi connectivity index (χ4n) is 1.85. The van der Waals surface area contributed by atoms with Crippen LogP contribution in [0.1, 0.15) is 18.9 Å². The first-order valence-corrected chi connectivity index (χ1v) is 8.27. The number of hydrogen-bond donors (Lipinski definition) is 1. The van der Waals surface area contributed by atoms with Crippen molar-refractivity contribution in [3.05, 3.63) is 56.5 Å². The average molecular weight is 389 g/mol. The van der Waals surface area contributed by atoms with Crippen LogP contribution in [0.25, 0.3) is 0 Å². The normalized spacial score (nSPS) is 10.7. The Kier molecular flexibility index (Phi) is 6.37. The van der Waals surface area contributed by atoms with Gasteiger partial charge in [-0.3, -0.25) is 0 Å². The Labute approximate surface area is 143 Å². The van der Waals surface area contributed by atoms with Crippen LogP contribution >= 0.6 is 39.1 Å². The topological polar surface area (TPSA) is 21.3 Å². The molecule has 0 atom stereocenters. The molecule has 1 N–H and O–H groups in total. The third-order valence-corrected chi connectivity index (χ3v) is 4.12. The highest BCUT2D eigenvalue weighted by Crippen LogP contribution is 2.32. The van der Waals surface area contributed by atoms with Crippen molar-refractivity contribution in [3.63, 3.8) is 0 Å². The van der Waals surface area contributed by atoms with E-state index < -0.39 is 0 Å². The summed E-state index contributed by atoms with van der Waals surface area (Å²) in [5.41, 5.74) is 1.09. The van der Waals surface area contributed by atoms with E-state index in [0.29, 0.717) is 15.8 Å². The van der Waals surface area contributed by atoms with Crippen LogP contribution in [-0.2, 0) is 6.54 Å². The highest BCUT2D eigenvalue weighted by molar-refractivity contribution is 9.10. The van der Waals surface area contributed by atoms with Crippen LogP contribution in [0.2, 0.25) is 10.0 Å². The zero-order valence-electron chi connectivity index (χ0n) is 11.6. The van der Waals surface area contributed by atoms with E-state index in [9.17, 15) is 0 Å². The zero-order chi connectivity index (χ0) is 15.2. The van der Waals surface area contributed by atoms with Gasteiger partial charge in [-0.25, -0.2) is 0 Å². The van der Waals surface area contributed by atoms with E-state index >= 15 is 0 Å². The highest BCUT2D eigenvalue weighted by Gasteiger charge is 2.07. The minimum absolute atomic E-state index is 0.483. The fourth-order valence-corrected chi connectivity index (χ4v) is 2.55. The Hall–Kier alpha value is -0.740. The molecule has 112 valence electrons. The number of benzene rings is 2. The predicted octanol–water partition coefficient (Wildman–Crippen LogP) is 6.05. The SMILES string of the molecule is CCCNCc1cc(Br)ccc1Oc1ccc(Cl)c(Cl)c1. The molecule has 0 radical (unpaired) electrons. The summed E-state index contributed by atoms with van der Waals surface area (Å²) < 4.78 is 6.95. The van der Waals surface area contributed by atoms with Crippen LogP contribution in [0.4, 0.5) is 0 Å². The quantitative estimate of drug-likeness (QED) is 0.608. The summed E-state index contributed by atoms with van der Waals surface area (Å²) >= 11 is 15.4. The third-order valence-electron chi connectivity index (χ3n) is 2.88. The van der Waals surface area contributed by atoms with Crippen molar-refractivity contribution in [1.82, 2.24) is 5.32 Å². The van der Waals surface area contributed by atoms with E-state index in [1.54, 1.807) is 18.2 Å². The molecule has 0 saturated heterocycles. The molecule has 2 rings (SSSR count). The number of hydrogen-bond acceptors (Lipinski definition) is 2. The molecule has 21 heavy (non-hydrogen) atoms. The molecule has 0 aliphatic heterocycles. The molecular formula is C16H16BrCl2NO. The van der Waals surface area contributed by atoms with Crippen molar-refractivity contribution in [2.45, 2.75) is 19.9 Å². The summed E-state index contributed by atoms with van der Waals surface area (Å²) in [5.74, 6) is 1.48. The van der Waals surface area contributed by atoms with E-state index in [4.69, 9.17) is 27.9 Å². The van der Waals surface area contributed by atoms with Crippen molar-refractivity contribution < 1.29 is 4.74 Å². The lowest BCUT2D eigenvalue weighted by molar-refractivity contribution is 0.472. The molecule has 0 heterocycles. The summed E-state index contributed by atoms with van der Waals surface area (Å²) in [6.45, 7) is 3.86. The first-order valence-electron chi connectivity index (χ1n) is 6.72. The van der Waals surface area contributed by atoms with Gasteiger partial charge in [-0.15, -0.1) is 0 Å². The summed E-state index contributed by atoms with van der Waals surface area (Å²) in [4.78, 5) is 0. The second-order valence-corrected chi connectivity index (χ2v) is 6.34. The monoisotopic (exact) mass is 387 g/mol. The van der Waals surface area contributed by atoms with Gasteiger partial charge in [0, 0.05) is 22.6 Å². The summed E-state index contributed by atoms with van der Waals surface area (Å²) in [6, 6.07) is 11.2. The summed E-state index contributed by atoms with van der Waals surface area (Å²) in [5, 5.41) is 4.38. The van der Waals surface area contributed by atoms with Crippen molar-refractivity contribution in [2.24, 2.45) is 0 Å². The van der Waals surface area contributed by atoms with Gasteiger partial charge in [0.1, 0.15) is 11.5 Å². The Bertz CT molecular complexity index is 619. The van der Waals surface area contributed by atoms with Crippen LogP contribution in [-0.4, -0.2) is 6.54 Å². The van der Waals surface area contributed by atoms with Gasteiger partial charge in [-0.1, -0.05) is 46.1 Å². The molecule has 0 unspecified atom stereocenters. The van der Waals surface area contributed by atoms with Crippen molar-refractivity contribution in [2.75, 3.05) is 6.54 Å². The molecule has 0 aliphatic carbocycles.